The smallest absolute Gasteiger partial charge is 0.259 e. The molecule has 0 atom stereocenters. The molecule has 1 heterocycles. The number of benzene rings is 1. The fraction of sp³-hybridized carbons (Fsp3) is 0.400. The molecule has 3 heteroatoms. The molecule has 0 saturated carbocycles. The van der Waals surface area contributed by atoms with Crippen molar-refractivity contribution in [1.29, 1.82) is 0 Å². The molecule has 0 aliphatic rings. The molecule has 1 aromatic carbocycles. The van der Waals surface area contributed by atoms with Crippen molar-refractivity contribution in [2.75, 3.05) is 5.73 Å². The van der Waals surface area contributed by atoms with Crippen molar-refractivity contribution >= 4 is 16.6 Å². The zero-order valence-electron chi connectivity index (χ0n) is 10.9. The summed E-state index contributed by atoms with van der Waals surface area (Å²) in [5.41, 5.74) is 5.99. The van der Waals surface area contributed by atoms with Crippen molar-refractivity contribution in [2.24, 2.45) is 0 Å². The minimum absolute atomic E-state index is 0.0297. The molecule has 0 aliphatic heterocycles. The lowest BCUT2D eigenvalue weighted by molar-refractivity contribution is 0.578. The summed E-state index contributed by atoms with van der Waals surface area (Å²) in [7, 11) is 0. The first-order chi connectivity index (χ1) is 8.74. The van der Waals surface area contributed by atoms with Crippen LogP contribution in [0.4, 0.5) is 5.82 Å². The number of nitrogens with zero attached hydrogens (tertiary/aromatic N) is 1. The predicted octanol–water partition coefficient (Wildman–Crippen LogP) is 3.16. The summed E-state index contributed by atoms with van der Waals surface area (Å²) in [5, 5.41) is 1.67. The molecule has 0 spiro atoms. The number of hydrogen-bond acceptors (Lipinski definition) is 2. The number of pyridine rings is 1. The van der Waals surface area contributed by atoms with Crippen molar-refractivity contribution in [3.63, 3.8) is 0 Å². The third kappa shape index (κ3) is 2.55. The van der Waals surface area contributed by atoms with Crippen LogP contribution < -0.4 is 11.3 Å². The lowest BCUT2D eigenvalue weighted by Crippen LogP contribution is -2.23. The molecule has 0 radical (unpaired) electrons. The van der Waals surface area contributed by atoms with Gasteiger partial charge in [-0.2, -0.15) is 0 Å². The highest BCUT2D eigenvalue weighted by Crippen LogP contribution is 2.14. The van der Waals surface area contributed by atoms with E-state index in [0.717, 1.165) is 30.2 Å². The van der Waals surface area contributed by atoms with Crippen LogP contribution in [0.1, 0.15) is 32.6 Å². The van der Waals surface area contributed by atoms with Crippen LogP contribution in [0.3, 0.4) is 0 Å². The van der Waals surface area contributed by atoms with E-state index in [1.165, 1.54) is 12.8 Å². The lowest BCUT2D eigenvalue weighted by Gasteiger charge is -2.11. The normalized spacial score (nSPS) is 10.9. The quantitative estimate of drug-likeness (QED) is 0.821. The summed E-state index contributed by atoms with van der Waals surface area (Å²) in [4.78, 5) is 12.3. The molecular formula is C15H20N2O. The first-order valence-electron chi connectivity index (χ1n) is 6.62. The van der Waals surface area contributed by atoms with Crippen molar-refractivity contribution < 1.29 is 0 Å². The molecule has 0 amide bonds. The number of hydrogen-bond donors (Lipinski definition) is 1. The molecule has 0 unspecified atom stereocenters. The van der Waals surface area contributed by atoms with Gasteiger partial charge in [-0.1, -0.05) is 44.4 Å². The lowest BCUT2D eigenvalue weighted by atomic mass is 10.1. The summed E-state index contributed by atoms with van der Waals surface area (Å²) < 4.78 is 1.69. The summed E-state index contributed by atoms with van der Waals surface area (Å²) in [6.45, 7) is 2.89. The van der Waals surface area contributed by atoms with E-state index in [2.05, 4.69) is 6.92 Å². The Hall–Kier alpha value is -1.77. The molecule has 2 rings (SSSR count). The average Bonchev–Trinajstić information content (AvgIpc) is 2.38. The molecule has 2 N–H and O–H groups in total. The van der Waals surface area contributed by atoms with E-state index >= 15 is 0 Å². The van der Waals surface area contributed by atoms with E-state index in [9.17, 15) is 4.79 Å². The monoisotopic (exact) mass is 244 g/mol. The minimum atomic E-state index is 0.0297. The summed E-state index contributed by atoms with van der Waals surface area (Å²) in [6, 6.07) is 9.48. The van der Waals surface area contributed by atoms with Crippen LogP contribution in [0, 0.1) is 0 Å². The van der Waals surface area contributed by atoms with Gasteiger partial charge in [0, 0.05) is 11.9 Å². The number of anilines is 1. The van der Waals surface area contributed by atoms with Gasteiger partial charge in [-0.05, 0) is 23.9 Å². The van der Waals surface area contributed by atoms with Crippen molar-refractivity contribution in [1.82, 2.24) is 4.57 Å². The van der Waals surface area contributed by atoms with Crippen LogP contribution in [-0.2, 0) is 6.54 Å². The second-order valence-electron chi connectivity index (χ2n) is 4.67. The van der Waals surface area contributed by atoms with E-state index in [1.54, 1.807) is 4.57 Å². The Balaban J connectivity index is 2.30. The number of fused-ring (bicyclic) bond motifs is 1. The number of nitrogens with two attached hydrogens (primary N) is 1. The molecular weight excluding hydrogens is 224 g/mol. The standard InChI is InChI=1S/C15H20N2O/c1-2-3-4-7-10-17-14(16)11-12-8-5-6-9-13(12)15(17)18/h5-6,8-9,11H,2-4,7,10,16H2,1H3. The largest absolute Gasteiger partial charge is 0.385 e. The molecule has 1 aromatic heterocycles. The minimum Gasteiger partial charge on any atom is -0.385 e. The molecule has 0 fully saturated rings. The highest BCUT2D eigenvalue weighted by atomic mass is 16.1. The van der Waals surface area contributed by atoms with Crippen LogP contribution in [0.2, 0.25) is 0 Å². The second kappa shape index (κ2) is 5.71. The van der Waals surface area contributed by atoms with E-state index < -0.39 is 0 Å². The van der Waals surface area contributed by atoms with Gasteiger partial charge in [0.25, 0.3) is 5.56 Å². The third-order valence-electron chi connectivity index (χ3n) is 3.29. The van der Waals surface area contributed by atoms with Gasteiger partial charge in [-0.15, -0.1) is 0 Å². The Labute approximate surface area is 107 Å². The number of rotatable bonds is 5. The molecule has 0 bridgehead atoms. The second-order valence-corrected chi connectivity index (χ2v) is 4.67. The van der Waals surface area contributed by atoms with Crippen molar-refractivity contribution in [3.8, 4) is 0 Å². The molecule has 96 valence electrons. The highest BCUT2D eigenvalue weighted by Gasteiger charge is 2.05. The van der Waals surface area contributed by atoms with Gasteiger partial charge >= 0.3 is 0 Å². The first kappa shape index (κ1) is 12.7. The Kier molecular flexibility index (Phi) is 4.03. The molecule has 3 nitrogen and oxygen atoms in total. The molecule has 0 aliphatic carbocycles. The van der Waals surface area contributed by atoms with Gasteiger partial charge in [-0.25, -0.2) is 0 Å². The van der Waals surface area contributed by atoms with E-state index in [1.807, 2.05) is 30.3 Å². The zero-order chi connectivity index (χ0) is 13.0. The van der Waals surface area contributed by atoms with Crippen LogP contribution >= 0.6 is 0 Å². The van der Waals surface area contributed by atoms with E-state index in [0.29, 0.717) is 5.82 Å². The average molecular weight is 244 g/mol. The summed E-state index contributed by atoms with van der Waals surface area (Å²) >= 11 is 0. The van der Waals surface area contributed by atoms with E-state index in [4.69, 9.17) is 5.73 Å². The van der Waals surface area contributed by atoms with Crippen LogP contribution in [0.15, 0.2) is 35.1 Å². The number of aromatic nitrogens is 1. The molecule has 18 heavy (non-hydrogen) atoms. The third-order valence-corrected chi connectivity index (χ3v) is 3.29. The van der Waals surface area contributed by atoms with Gasteiger partial charge in [0.05, 0.1) is 0 Å². The fourth-order valence-electron chi connectivity index (χ4n) is 2.24. The SMILES string of the molecule is CCCCCCn1c(N)cc2ccccc2c1=O. The zero-order valence-corrected chi connectivity index (χ0v) is 10.9. The Morgan fingerprint density at radius 1 is 1.17 bits per heavy atom. The van der Waals surface area contributed by atoms with Crippen molar-refractivity contribution in [2.45, 2.75) is 39.2 Å². The fourth-order valence-corrected chi connectivity index (χ4v) is 2.24. The molecule has 2 aromatic rings. The highest BCUT2D eigenvalue weighted by molar-refractivity contribution is 5.83. The number of nitrogen functional groups attached to an aromatic ring is 1. The van der Waals surface area contributed by atoms with Gasteiger partial charge in [0.15, 0.2) is 0 Å². The Morgan fingerprint density at radius 2 is 1.94 bits per heavy atom. The van der Waals surface area contributed by atoms with Gasteiger partial charge in [0.2, 0.25) is 0 Å². The Bertz CT molecular complexity index is 587. The summed E-state index contributed by atoms with van der Waals surface area (Å²) in [6.07, 6.45) is 4.57. The molecule has 0 saturated heterocycles. The maximum Gasteiger partial charge on any atom is 0.259 e. The maximum atomic E-state index is 12.3. The van der Waals surface area contributed by atoms with Crippen LogP contribution in [0.25, 0.3) is 10.8 Å². The van der Waals surface area contributed by atoms with Crippen LogP contribution in [0.5, 0.6) is 0 Å². The van der Waals surface area contributed by atoms with Crippen LogP contribution in [-0.4, -0.2) is 4.57 Å². The first-order valence-corrected chi connectivity index (χ1v) is 6.62. The number of unbranched alkanes of at least 4 members (excludes halogenated alkanes) is 3. The Morgan fingerprint density at radius 3 is 2.72 bits per heavy atom. The topological polar surface area (TPSA) is 48.0 Å². The summed E-state index contributed by atoms with van der Waals surface area (Å²) in [5.74, 6) is 0.565. The predicted molar refractivity (Wildman–Crippen MR) is 76.8 cm³/mol. The van der Waals surface area contributed by atoms with E-state index in [-0.39, 0.29) is 5.56 Å². The van der Waals surface area contributed by atoms with Gasteiger partial charge in [0.1, 0.15) is 5.82 Å². The maximum absolute atomic E-state index is 12.3. The van der Waals surface area contributed by atoms with Crippen molar-refractivity contribution in [3.05, 3.63) is 40.7 Å². The van der Waals surface area contributed by atoms with Gasteiger partial charge < -0.3 is 5.73 Å². The van der Waals surface area contributed by atoms with Gasteiger partial charge in [-0.3, -0.25) is 9.36 Å².